The van der Waals surface area contributed by atoms with E-state index in [0.717, 1.165) is 35.6 Å². The second kappa shape index (κ2) is 11.1. The zero-order valence-corrected chi connectivity index (χ0v) is 20.3. The highest BCUT2D eigenvalue weighted by molar-refractivity contribution is 5.80. The normalized spacial score (nSPS) is 13.7. The maximum Gasteiger partial charge on any atom is 0.224 e. The second-order valence-corrected chi connectivity index (χ2v) is 8.99. The van der Waals surface area contributed by atoms with Crippen molar-refractivity contribution in [3.05, 3.63) is 90.8 Å². The van der Waals surface area contributed by atoms with Crippen molar-refractivity contribution < 1.29 is 9.59 Å². The molecular formula is C29H31N5O2. The lowest BCUT2D eigenvalue weighted by molar-refractivity contribution is -0.131. The minimum Gasteiger partial charge on any atom is -0.368 e. The first-order chi connectivity index (χ1) is 17.7. The topological polar surface area (TPSA) is 70.5 Å². The molecule has 4 aromatic rings. The van der Waals surface area contributed by atoms with Crippen molar-refractivity contribution in [3.63, 3.8) is 0 Å². The molecule has 1 aliphatic rings. The van der Waals surface area contributed by atoms with E-state index in [1.54, 1.807) is 0 Å². The van der Waals surface area contributed by atoms with Crippen LogP contribution in [0.15, 0.2) is 84.9 Å². The van der Waals surface area contributed by atoms with Gasteiger partial charge in [0.05, 0.1) is 11.0 Å². The molecule has 0 bridgehead atoms. The third-order valence-corrected chi connectivity index (χ3v) is 6.64. The maximum absolute atomic E-state index is 12.6. The van der Waals surface area contributed by atoms with Crippen molar-refractivity contribution >= 4 is 28.5 Å². The van der Waals surface area contributed by atoms with Crippen LogP contribution in [0.5, 0.6) is 0 Å². The predicted molar refractivity (Wildman–Crippen MR) is 142 cm³/mol. The van der Waals surface area contributed by atoms with Crippen LogP contribution >= 0.6 is 0 Å². The molecule has 7 heteroatoms. The largest absolute Gasteiger partial charge is 0.368 e. The summed E-state index contributed by atoms with van der Waals surface area (Å²) in [6.45, 7) is 3.41. The van der Waals surface area contributed by atoms with Crippen molar-refractivity contribution in [1.29, 1.82) is 0 Å². The van der Waals surface area contributed by atoms with Gasteiger partial charge in [-0.25, -0.2) is 4.98 Å². The van der Waals surface area contributed by atoms with E-state index in [9.17, 15) is 9.59 Å². The fourth-order valence-electron chi connectivity index (χ4n) is 4.74. The molecule has 1 N–H and O–H groups in total. The fraction of sp³-hybridized carbons (Fsp3) is 0.276. The number of carbonyl (C=O) groups is 2. The first-order valence-corrected chi connectivity index (χ1v) is 12.6. The number of hydrogen-bond donors (Lipinski definition) is 1. The maximum atomic E-state index is 12.6. The number of nitrogens with one attached hydrogen (secondary N) is 1. The highest BCUT2D eigenvalue weighted by atomic mass is 16.2. The number of aryl methyl sites for hydroxylation is 1. The fourth-order valence-corrected chi connectivity index (χ4v) is 4.74. The van der Waals surface area contributed by atoms with Crippen molar-refractivity contribution in [2.75, 3.05) is 37.6 Å². The average molecular weight is 482 g/mol. The van der Waals surface area contributed by atoms with Gasteiger partial charge in [-0.1, -0.05) is 48.5 Å². The van der Waals surface area contributed by atoms with Crippen molar-refractivity contribution in [2.24, 2.45) is 0 Å². The Morgan fingerprint density at radius 3 is 2.11 bits per heavy atom. The summed E-state index contributed by atoms with van der Waals surface area (Å²) in [4.78, 5) is 34.2. The van der Waals surface area contributed by atoms with Gasteiger partial charge in [0.15, 0.2) is 0 Å². The number of piperazine rings is 1. The quantitative estimate of drug-likeness (QED) is 0.416. The van der Waals surface area contributed by atoms with Crippen molar-refractivity contribution in [1.82, 2.24) is 19.8 Å². The van der Waals surface area contributed by atoms with E-state index in [2.05, 4.69) is 26.9 Å². The lowest BCUT2D eigenvalue weighted by Gasteiger charge is -2.36. The number of para-hydroxylation sites is 4. The van der Waals surface area contributed by atoms with Gasteiger partial charge in [0.25, 0.3) is 0 Å². The average Bonchev–Trinajstić information content (AvgIpc) is 3.31. The number of benzene rings is 3. The third-order valence-electron chi connectivity index (χ3n) is 6.64. The Kier molecular flexibility index (Phi) is 7.26. The third kappa shape index (κ3) is 5.40. The molecule has 0 radical (unpaired) electrons. The van der Waals surface area contributed by atoms with Gasteiger partial charge in [-0.2, -0.15) is 0 Å². The van der Waals surface area contributed by atoms with Crippen LogP contribution in [0.25, 0.3) is 16.7 Å². The molecule has 7 nitrogen and oxygen atoms in total. The molecular weight excluding hydrogens is 450 g/mol. The van der Waals surface area contributed by atoms with Gasteiger partial charge >= 0.3 is 0 Å². The summed E-state index contributed by atoms with van der Waals surface area (Å²) in [7, 11) is 0. The summed E-state index contributed by atoms with van der Waals surface area (Å²) in [6.07, 6.45) is 1.16. The molecule has 0 aliphatic carbocycles. The molecule has 0 atom stereocenters. The minimum absolute atomic E-state index is 0.0663. The van der Waals surface area contributed by atoms with Crippen LogP contribution in [0.3, 0.4) is 0 Å². The standard InChI is InChI=1S/C29H31N5O2/c35-28(30-18-17-29(36)33-21-19-32(20-22-33)23-9-3-1-4-10-23)16-15-27-31-25-13-7-8-14-26(25)34(27)24-11-5-2-6-12-24/h1-14H,15-22H2,(H,30,35). The van der Waals surface area contributed by atoms with E-state index >= 15 is 0 Å². The summed E-state index contributed by atoms with van der Waals surface area (Å²) >= 11 is 0. The van der Waals surface area contributed by atoms with E-state index < -0.39 is 0 Å². The Morgan fingerprint density at radius 2 is 1.39 bits per heavy atom. The summed E-state index contributed by atoms with van der Waals surface area (Å²) in [5, 5.41) is 2.92. The highest BCUT2D eigenvalue weighted by Gasteiger charge is 2.21. The van der Waals surface area contributed by atoms with Crippen LogP contribution in [0, 0.1) is 0 Å². The number of aromatic nitrogens is 2. The van der Waals surface area contributed by atoms with E-state index in [-0.39, 0.29) is 11.8 Å². The number of imidazole rings is 1. The van der Waals surface area contributed by atoms with E-state index in [4.69, 9.17) is 4.98 Å². The Hall–Kier alpha value is -4.13. The molecule has 1 fully saturated rings. The molecule has 0 saturated carbocycles. The molecule has 0 spiro atoms. The Morgan fingerprint density at radius 1 is 0.750 bits per heavy atom. The monoisotopic (exact) mass is 481 g/mol. The van der Waals surface area contributed by atoms with Gasteiger partial charge in [-0.3, -0.25) is 14.2 Å². The molecule has 36 heavy (non-hydrogen) atoms. The Bertz CT molecular complexity index is 1310. The molecule has 5 rings (SSSR count). The molecule has 2 heterocycles. The van der Waals surface area contributed by atoms with Crippen LogP contribution in [0.2, 0.25) is 0 Å². The van der Waals surface area contributed by atoms with Crippen LogP contribution < -0.4 is 10.2 Å². The number of fused-ring (bicyclic) bond motifs is 1. The lowest BCUT2D eigenvalue weighted by Crippen LogP contribution is -2.49. The molecule has 1 aromatic heterocycles. The van der Waals surface area contributed by atoms with Crippen LogP contribution in [0.4, 0.5) is 5.69 Å². The van der Waals surface area contributed by atoms with Gasteiger partial charge in [0, 0.05) is 63.4 Å². The van der Waals surface area contributed by atoms with E-state index in [0.29, 0.717) is 38.9 Å². The Labute approximate surface area is 211 Å². The molecule has 3 aromatic carbocycles. The van der Waals surface area contributed by atoms with Crippen molar-refractivity contribution in [2.45, 2.75) is 19.3 Å². The second-order valence-electron chi connectivity index (χ2n) is 8.99. The number of nitrogens with zero attached hydrogens (tertiary/aromatic N) is 4. The summed E-state index contributed by atoms with van der Waals surface area (Å²) in [5.74, 6) is 0.877. The molecule has 1 aliphatic heterocycles. The van der Waals surface area contributed by atoms with Crippen molar-refractivity contribution in [3.8, 4) is 5.69 Å². The lowest BCUT2D eigenvalue weighted by atomic mass is 10.2. The molecule has 1 saturated heterocycles. The van der Waals surface area contributed by atoms with Gasteiger partial charge < -0.3 is 15.1 Å². The first-order valence-electron chi connectivity index (χ1n) is 12.6. The van der Waals surface area contributed by atoms with E-state index in [1.165, 1.54) is 5.69 Å². The zero-order chi connectivity index (χ0) is 24.7. The SMILES string of the molecule is O=C(CCc1nc2ccccc2n1-c1ccccc1)NCCC(=O)N1CCN(c2ccccc2)CC1. The summed E-state index contributed by atoms with van der Waals surface area (Å²) < 4.78 is 2.11. The first kappa shape index (κ1) is 23.6. The summed E-state index contributed by atoms with van der Waals surface area (Å²) in [5.41, 5.74) is 4.16. The summed E-state index contributed by atoms with van der Waals surface area (Å²) in [6, 6.07) is 28.4. The number of carbonyl (C=O) groups excluding carboxylic acids is 2. The predicted octanol–water partition coefficient (Wildman–Crippen LogP) is 3.81. The number of rotatable bonds is 8. The number of anilines is 1. The number of amides is 2. The Balaban J connectivity index is 1.10. The number of hydrogen-bond acceptors (Lipinski definition) is 4. The van der Waals surface area contributed by atoms with Gasteiger partial charge in [0.2, 0.25) is 11.8 Å². The van der Waals surface area contributed by atoms with Gasteiger partial charge in [0.1, 0.15) is 5.82 Å². The molecule has 0 unspecified atom stereocenters. The van der Waals surface area contributed by atoms with Crippen LogP contribution in [0.1, 0.15) is 18.7 Å². The minimum atomic E-state index is -0.0663. The highest BCUT2D eigenvalue weighted by Crippen LogP contribution is 2.22. The van der Waals surface area contributed by atoms with Crippen LogP contribution in [-0.4, -0.2) is 59.0 Å². The van der Waals surface area contributed by atoms with Gasteiger partial charge in [-0.05, 0) is 36.4 Å². The molecule has 2 amide bonds. The van der Waals surface area contributed by atoms with E-state index in [1.807, 2.05) is 77.7 Å². The zero-order valence-electron chi connectivity index (χ0n) is 20.3. The molecule has 184 valence electrons. The van der Waals surface area contributed by atoms with Crippen LogP contribution in [-0.2, 0) is 16.0 Å². The smallest absolute Gasteiger partial charge is 0.224 e. The van der Waals surface area contributed by atoms with Gasteiger partial charge in [-0.15, -0.1) is 0 Å².